The van der Waals surface area contributed by atoms with Gasteiger partial charge in [0.1, 0.15) is 0 Å². The monoisotopic (exact) mass is 364 g/mol. The van der Waals surface area contributed by atoms with Gasteiger partial charge in [-0.25, -0.2) is 0 Å². The molecular formula is C13H21N2O4PS2. The van der Waals surface area contributed by atoms with Crippen LogP contribution in [0.3, 0.4) is 0 Å². The predicted octanol–water partition coefficient (Wildman–Crippen LogP) is 3.58. The van der Waals surface area contributed by atoms with Crippen molar-refractivity contribution in [3.8, 4) is 0 Å². The highest BCUT2D eigenvalue weighted by atomic mass is 32.2. The number of fused-ring (bicyclic) bond motifs is 1. The van der Waals surface area contributed by atoms with Crippen LogP contribution in [0.15, 0.2) is 22.2 Å². The molecule has 2 heterocycles. The Morgan fingerprint density at radius 1 is 1.41 bits per heavy atom. The van der Waals surface area contributed by atoms with E-state index in [2.05, 4.69) is 4.98 Å². The van der Waals surface area contributed by atoms with Crippen LogP contribution in [0.1, 0.15) is 33.2 Å². The fourth-order valence-electron chi connectivity index (χ4n) is 2.62. The molecule has 22 heavy (non-hydrogen) atoms. The maximum absolute atomic E-state index is 13.5. The van der Waals surface area contributed by atoms with E-state index in [-0.39, 0.29) is 11.6 Å². The Kier molecular flexibility index (Phi) is 5.83. The second kappa shape index (κ2) is 7.09. The molecule has 0 aromatic carbocycles. The van der Waals surface area contributed by atoms with E-state index in [1.807, 2.05) is 17.7 Å². The van der Waals surface area contributed by atoms with Crippen molar-refractivity contribution in [1.29, 1.82) is 0 Å². The molecule has 9 heteroatoms. The van der Waals surface area contributed by atoms with Crippen LogP contribution in [0, 0.1) is 0 Å². The van der Waals surface area contributed by atoms with Crippen molar-refractivity contribution >= 4 is 31.1 Å². The van der Waals surface area contributed by atoms with Crippen molar-refractivity contribution in [2.45, 2.75) is 42.2 Å². The van der Waals surface area contributed by atoms with Crippen molar-refractivity contribution in [3.05, 3.63) is 22.6 Å². The largest absolute Gasteiger partial charge is 0.359 e. The third-order valence-electron chi connectivity index (χ3n) is 3.46. The summed E-state index contributed by atoms with van der Waals surface area (Å²) in [7, 11) is -3.41. The zero-order valence-electron chi connectivity index (χ0n) is 13.1. The summed E-state index contributed by atoms with van der Waals surface area (Å²) in [6, 6.07) is 1.30. The minimum absolute atomic E-state index is 0.125. The summed E-state index contributed by atoms with van der Waals surface area (Å²) in [6.45, 7) is 6.23. The Labute approximate surface area is 138 Å². The van der Waals surface area contributed by atoms with Gasteiger partial charge in [0, 0.05) is 12.3 Å². The quantitative estimate of drug-likeness (QED) is 0.541. The third-order valence-corrected chi connectivity index (χ3v) is 10.5. The van der Waals surface area contributed by atoms with E-state index < -0.39 is 11.4 Å². The number of aromatic nitrogens is 2. The first kappa shape index (κ1) is 18.1. The fourth-order valence-corrected chi connectivity index (χ4v) is 8.85. The molecule has 2 rings (SSSR count). The summed E-state index contributed by atoms with van der Waals surface area (Å²) >= 11 is 2.77. The average molecular weight is 364 g/mol. The average Bonchev–Trinajstić information content (AvgIpc) is 2.81. The minimum Gasteiger partial charge on any atom is -0.321 e. The first-order chi connectivity index (χ1) is 10.5. The van der Waals surface area contributed by atoms with Gasteiger partial charge in [-0.3, -0.25) is 9.36 Å². The van der Waals surface area contributed by atoms with Gasteiger partial charge in [-0.1, -0.05) is 18.7 Å². The van der Waals surface area contributed by atoms with Gasteiger partial charge < -0.3 is 13.6 Å². The summed E-state index contributed by atoms with van der Waals surface area (Å²) in [4.78, 5) is 15.6. The fraction of sp³-hybridized carbons (Fsp3) is 0.692. The van der Waals surface area contributed by atoms with Gasteiger partial charge in [0.15, 0.2) is 8.98 Å². The number of nitrogens with zero attached hydrogens (tertiary/aromatic N) is 2. The first-order valence-corrected chi connectivity index (χ1v) is 10.8. The van der Waals surface area contributed by atoms with Gasteiger partial charge in [-0.05, 0) is 26.5 Å². The van der Waals surface area contributed by atoms with E-state index in [1.54, 1.807) is 20.0 Å². The molecule has 124 valence electrons. The lowest BCUT2D eigenvalue weighted by Crippen LogP contribution is -2.30. The lowest BCUT2D eigenvalue weighted by molar-refractivity contribution is 0.209. The molecule has 1 aliphatic heterocycles. The Bertz CT molecular complexity index is 629. The molecule has 2 unspecified atom stereocenters. The summed E-state index contributed by atoms with van der Waals surface area (Å²) in [5.74, 6) is 0. The summed E-state index contributed by atoms with van der Waals surface area (Å²) in [5, 5.41) is 0.563. The Hall–Kier alpha value is -0.270. The standard InChI is InChI=1S/C13H21N2O4PS2/c1-5-10-13(21-4,20(17,18-6-2)19-7-3)22-12-14-11(16)8-9-15(10)12/h8-10H,5-7H2,1-4H3. The highest BCUT2D eigenvalue weighted by Crippen LogP contribution is 2.76. The molecule has 2 atom stereocenters. The van der Waals surface area contributed by atoms with E-state index in [0.717, 1.165) is 6.42 Å². The molecule has 1 aromatic heterocycles. The van der Waals surface area contributed by atoms with Gasteiger partial charge in [0.05, 0.1) is 19.3 Å². The van der Waals surface area contributed by atoms with Gasteiger partial charge in [-0.2, -0.15) is 4.98 Å². The topological polar surface area (TPSA) is 70.4 Å². The SMILES string of the molecule is CCOP(=O)(OCC)C1(SC)Sc2nc(=O)ccn2C1CC. The molecule has 0 N–H and O–H groups in total. The Morgan fingerprint density at radius 3 is 2.55 bits per heavy atom. The second-order valence-corrected chi connectivity index (χ2v) is 10.00. The van der Waals surface area contributed by atoms with E-state index in [1.165, 1.54) is 29.6 Å². The molecule has 0 aliphatic carbocycles. The molecule has 0 amide bonds. The van der Waals surface area contributed by atoms with Crippen molar-refractivity contribution in [2.75, 3.05) is 19.5 Å². The molecule has 0 fully saturated rings. The van der Waals surface area contributed by atoms with Crippen molar-refractivity contribution in [1.82, 2.24) is 9.55 Å². The maximum atomic E-state index is 13.5. The maximum Gasteiger partial charge on any atom is 0.359 e. The third kappa shape index (κ3) is 2.80. The summed E-state index contributed by atoms with van der Waals surface area (Å²) < 4.78 is 25.8. The van der Waals surface area contributed by atoms with Crippen LogP contribution in [0.2, 0.25) is 0 Å². The van der Waals surface area contributed by atoms with E-state index in [4.69, 9.17) is 9.05 Å². The molecule has 0 saturated carbocycles. The molecule has 0 radical (unpaired) electrons. The lowest BCUT2D eigenvalue weighted by Gasteiger charge is -2.37. The Balaban J connectivity index is 2.58. The molecule has 0 bridgehead atoms. The predicted molar refractivity (Wildman–Crippen MR) is 90.8 cm³/mol. The van der Waals surface area contributed by atoms with Crippen LogP contribution in [0.5, 0.6) is 0 Å². The summed E-state index contributed by atoms with van der Waals surface area (Å²) in [5.41, 5.74) is -0.298. The van der Waals surface area contributed by atoms with Crippen LogP contribution < -0.4 is 5.56 Å². The Morgan fingerprint density at radius 2 is 2.05 bits per heavy atom. The highest BCUT2D eigenvalue weighted by molar-refractivity contribution is 8.25. The lowest BCUT2D eigenvalue weighted by atomic mass is 10.2. The minimum atomic E-state index is -3.41. The van der Waals surface area contributed by atoms with Crippen LogP contribution >= 0.6 is 31.1 Å². The molecule has 1 aliphatic rings. The molecule has 1 aromatic rings. The molecule has 0 saturated heterocycles. The van der Waals surface area contributed by atoms with E-state index >= 15 is 0 Å². The van der Waals surface area contributed by atoms with Crippen LogP contribution in [0.4, 0.5) is 0 Å². The number of hydrogen-bond donors (Lipinski definition) is 0. The van der Waals surface area contributed by atoms with Gasteiger partial charge in [0.2, 0.25) is 0 Å². The molecular weight excluding hydrogens is 343 g/mol. The normalized spacial score (nSPS) is 24.5. The van der Waals surface area contributed by atoms with Crippen molar-refractivity contribution in [2.24, 2.45) is 0 Å². The number of rotatable bonds is 7. The molecule has 6 nitrogen and oxygen atoms in total. The van der Waals surface area contributed by atoms with E-state index in [9.17, 15) is 9.36 Å². The molecule has 0 spiro atoms. The number of thioether (sulfide) groups is 2. The second-order valence-electron chi connectivity index (χ2n) is 4.65. The van der Waals surface area contributed by atoms with Gasteiger partial charge in [0.25, 0.3) is 5.56 Å². The van der Waals surface area contributed by atoms with Gasteiger partial charge >= 0.3 is 7.60 Å². The van der Waals surface area contributed by atoms with Crippen LogP contribution in [-0.4, -0.2) is 32.8 Å². The first-order valence-electron chi connectivity index (χ1n) is 7.20. The summed E-state index contributed by atoms with van der Waals surface area (Å²) in [6.07, 6.45) is 4.34. The van der Waals surface area contributed by atoms with Crippen LogP contribution in [0.25, 0.3) is 0 Å². The number of hydrogen-bond acceptors (Lipinski definition) is 7. The zero-order valence-corrected chi connectivity index (χ0v) is 15.7. The van der Waals surface area contributed by atoms with Crippen molar-refractivity contribution < 1.29 is 13.6 Å². The van der Waals surface area contributed by atoms with Gasteiger partial charge in [-0.15, -0.1) is 11.8 Å². The highest BCUT2D eigenvalue weighted by Gasteiger charge is 2.61. The van der Waals surface area contributed by atoms with Crippen molar-refractivity contribution in [3.63, 3.8) is 0 Å². The van der Waals surface area contributed by atoms with Crippen LogP contribution in [-0.2, 0) is 13.6 Å². The van der Waals surface area contributed by atoms with E-state index in [0.29, 0.717) is 18.4 Å². The smallest absolute Gasteiger partial charge is 0.321 e. The zero-order chi connectivity index (χ0) is 16.4.